The van der Waals surface area contributed by atoms with Gasteiger partial charge in [0.1, 0.15) is 0 Å². The quantitative estimate of drug-likeness (QED) is 0.347. The van der Waals surface area contributed by atoms with E-state index in [9.17, 15) is 0 Å². The van der Waals surface area contributed by atoms with Gasteiger partial charge in [-0.2, -0.15) is 0 Å². The van der Waals surface area contributed by atoms with Crippen molar-refractivity contribution in [2.24, 2.45) is 0 Å². The first-order valence-electron chi connectivity index (χ1n) is 0. The van der Waals surface area contributed by atoms with Crippen LogP contribution in [0.2, 0.25) is 0 Å². The largest absolute Gasteiger partial charge is 2.00 e. The van der Waals surface area contributed by atoms with E-state index in [2.05, 4.69) is 0 Å². The number of hydrogen-bond acceptors (Lipinski definition) is 6. The molecule has 0 aromatic heterocycles. The third-order valence-electron chi connectivity index (χ3n) is 0. The zero-order chi connectivity index (χ0) is 0. The zero-order valence-corrected chi connectivity index (χ0v) is 7.07. The van der Waals surface area contributed by atoms with Gasteiger partial charge < -0.3 is 57.7 Å². The second kappa shape index (κ2) is 489. The van der Waals surface area contributed by atoms with Crippen LogP contribution >= 0.6 is 0 Å². The SMILES string of the molecule is [Cl-].[Cl-].[Mg+2].[OH-].[OH-].[OH-].[OH-].[OH-].[OH-]. The van der Waals surface area contributed by atoms with Crippen LogP contribution < -0.4 is 24.8 Å². The predicted molar refractivity (Wildman–Crippen MR) is 17.4 cm³/mol. The Bertz CT molecular complexity index is 11.0. The standard InChI is InChI=1S/2ClH.Mg.6H2O/h2*1H;;6*1H2/q;;+2;;;;;;/p-8. The van der Waals surface area contributed by atoms with Crippen LogP contribution in [-0.4, -0.2) is 55.9 Å². The van der Waals surface area contributed by atoms with Crippen LogP contribution in [0.3, 0.4) is 0 Å². The van der Waals surface area contributed by atoms with Crippen LogP contribution in [0.4, 0.5) is 0 Å². The molecule has 0 bridgehead atoms. The van der Waals surface area contributed by atoms with Gasteiger partial charge in [-0.05, 0) is 0 Å². The smallest absolute Gasteiger partial charge is 1.00 e. The first-order chi connectivity index (χ1) is 0. The second-order valence-corrected chi connectivity index (χ2v) is 0. The summed E-state index contributed by atoms with van der Waals surface area (Å²) in [5.74, 6) is 0. The second-order valence-electron chi connectivity index (χ2n) is 0. The molecule has 9 heteroatoms. The minimum absolute atomic E-state index is 0. The first kappa shape index (κ1) is 685. The van der Waals surface area contributed by atoms with Crippen molar-refractivity contribution in [3.05, 3.63) is 0 Å². The van der Waals surface area contributed by atoms with Crippen molar-refractivity contribution < 1.29 is 57.7 Å². The average Bonchev–Trinajstić information content (AvgIpc) is 0. The molecule has 0 radical (unpaired) electrons. The van der Waals surface area contributed by atoms with Gasteiger partial charge >= 0.3 is 23.1 Å². The van der Waals surface area contributed by atoms with E-state index < -0.39 is 0 Å². The Morgan fingerprint density at radius 2 is 0.333 bits per heavy atom. The third kappa shape index (κ3) is 376. The summed E-state index contributed by atoms with van der Waals surface area (Å²) in [5.41, 5.74) is 0. The van der Waals surface area contributed by atoms with Crippen molar-refractivity contribution >= 4 is 23.1 Å². The molecule has 0 aromatic rings. The van der Waals surface area contributed by atoms with E-state index in [0.29, 0.717) is 0 Å². The van der Waals surface area contributed by atoms with Gasteiger partial charge in [0.15, 0.2) is 0 Å². The minimum atomic E-state index is 0. The Balaban J connectivity index is 0. The average molecular weight is 197 g/mol. The van der Waals surface area contributed by atoms with E-state index in [4.69, 9.17) is 0 Å². The van der Waals surface area contributed by atoms with Crippen molar-refractivity contribution in [2.45, 2.75) is 0 Å². The molecule has 6 N–H and O–H groups in total. The molecule has 0 rings (SSSR count). The molecule has 0 aliphatic rings. The van der Waals surface area contributed by atoms with E-state index >= 15 is 0 Å². The topological polar surface area (TPSA) is 180 Å². The van der Waals surface area contributed by atoms with E-state index in [1.54, 1.807) is 0 Å². The van der Waals surface area contributed by atoms with Gasteiger partial charge in [0.25, 0.3) is 0 Å². The summed E-state index contributed by atoms with van der Waals surface area (Å²) in [5, 5.41) is 0. The maximum atomic E-state index is 0. The van der Waals surface area contributed by atoms with E-state index in [-0.39, 0.29) is 80.7 Å². The van der Waals surface area contributed by atoms with Gasteiger partial charge in [-0.25, -0.2) is 0 Å². The van der Waals surface area contributed by atoms with Crippen molar-refractivity contribution in [3.63, 3.8) is 0 Å². The first-order valence-corrected chi connectivity index (χ1v) is 0. The van der Waals surface area contributed by atoms with Crippen molar-refractivity contribution in [1.29, 1.82) is 0 Å². The van der Waals surface area contributed by atoms with Gasteiger partial charge in [-0.3, -0.25) is 0 Å². The van der Waals surface area contributed by atoms with Crippen LogP contribution in [0, 0.1) is 0 Å². The normalized spacial score (nSPS) is 0. The summed E-state index contributed by atoms with van der Waals surface area (Å²) in [4.78, 5) is 0. The van der Waals surface area contributed by atoms with Crippen LogP contribution in [0.5, 0.6) is 0 Å². The maximum absolute atomic E-state index is 0. The van der Waals surface area contributed by atoms with Crippen LogP contribution in [0.1, 0.15) is 0 Å². The molecule has 9 heavy (non-hydrogen) atoms. The molecular weight excluding hydrogens is 191 g/mol. The van der Waals surface area contributed by atoms with Crippen molar-refractivity contribution in [3.8, 4) is 0 Å². The zero-order valence-electron chi connectivity index (χ0n) is 4.15. The number of rotatable bonds is 0. The molecule has 0 heterocycles. The third-order valence-corrected chi connectivity index (χ3v) is 0. The van der Waals surface area contributed by atoms with E-state index in [0.717, 1.165) is 0 Å². The Hall–Kier alpha value is 1.11. The molecule has 64 valence electrons. The van der Waals surface area contributed by atoms with E-state index in [1.165, 1.54) is 0 Å². The molecule has 0 amide bonds. The molecule has 0 unspecified atom stereocenters. The molecule has 6 nitrogen and oxygen atoms in total. The molecule has 0 aliphatic heterocycles. The van der Waals surface area contributed by atoms with Gasteiger partial charge in [-0.1, -0.05) is 0 Å². The Morgan fingerprint density at radius 3 is 0.333 bits per heavy atom. The Labute approximate surface area is 80.8 Å². The fraction of sp³-hybridized carbons (Fsp3) is 0. The molecule has 0 aliphatic carbocycles. The summed E-state index contributed by atoms with van der Waals surface area (Å²) >= 11 is 0. The van der Waals surface area contributed by atoms with Gasteiger partial charge in [-0.15, -0.1) is 0 Å². The summed E-state index contributed by atoms with van der Waals surface area (Å²) in [7, 11) is 0. The number of halogens is 2. The molecule has 0 atom stereocenters. The van der Waals surface area contributed by atoms with Crippen LogP contribution in [-0.2, 0) is 0 Å². The molecule has 0 fully saturated rings. The van der Waals surface area contributed by atoms with Crippen molar-refractivity contribution in [2.75, 3.05) is 0 Å². The van der Waals surface area contributed by atoms with E-state index in [1.807, 2.05) is 0 Å². The minimum Gasteiger partial charge on any atom is -1.00 e. The van der Waals surface area contributed by atoms with Crippen LogP contribution in [0.25, 0.3) is 0 Å². The summed E-state index contributed by atoms with van der Waals surface area (Å²) in [6, 6.07) is 0. The molecule has 0 saturated heterocycles. The van der Waals surface area contributed by atoms with Crippen LogP contribution in [0.15, 0.2) is 0 Å². The van der Waals surface area contributed by atoms with Gasteiger partial charge in [0.05, 0.1) is 0 Å². The Kier molecular flexibility index (Phi) is 37200. The maximum Gasteiger partial charge on any atom is 2.00 e. The van der Waals surface area contributed by atoms with Crippen molar-refractivity contribution in [1.82, 2.24) is 0 Å². The fourth-order valence-corrected chi connectivity index (χ4v) is 0. The van der Waals surface area contributed by atoms with Gasteiger partial charge in [0.2, 0.25) is 0 Å². The molecule has 0 aromatic carbocycles. The number of hydrogen-bond donors (Lipinski definition) is 0. The summed E-state index contributed by atoms with van der Waals surface area (Å²) in [6.45, 7) is 0. The molecule has 0 saturated carbocycles. The summed E-state index contributed by atoms with van der Waals surface area (Å²) < 4.78 is 0. The van der Waals surface area contributed by atoms with Gasteiger partial charge in [0, 0.05) is 0 Å². The fourth-order valence-electron chi connectivity index (χ4n) is 0. The predicted octanol–water partition coefficient (Wildman–Crippen LogP) is -7.43. The summed E-state index contributed by atoms with van der Waals surface area (Å²) in [6.07, 6.45) is 0. The monoisotopic (exact) mass is 196 g/mol. The molecular formula is H6Cl2MgO6-6. The molecule has 0 spiro atoms. The Morgan fingerprint density at radius 1 is 0.333 bits per heavy atom.